The van der Waals surface area contributed by atoms with Crippen LogP contribution in [0, 0.1) is 0 Å². The predicted octanol–water partition coefficient (Wildman–Crippen LogP) is 5.97. The van der Waals surface area contributed by atoms with Gasteiger partial charge in [0, 0.05) is 12.0 Å². The number of hydrogen-bond donors (Lipinski definition) is 2. The first kappa shape index (κ1) is 21.1. The first-order valence-electron chi connectivity index (χ1n) is 11.4. The number of hydrogen-bond acceptors (Lipinski definition) is 2. The Balaban J connectivity index is 1.38. The minimum absolute atomic E-state index is 0.0331. The van der Waals surface area contributed by atoms with Gasteiger partial charge in [0.2, 0.25) is 0 Å². The quantitative estimate of drug-likeness (QED) is 0.405. The summed E-state index contributed by atoms with van der Waals surface area (Å²) in [6.45, 7) is 2.03. The zero-order valence-electron chi connectivity index (χ0n) is 18.9. The zero-order chi connectivity index (χ0) is 22.8. The van der Waals surface area contributed by atoms with Gasteiger partial charge in [0.15, 0.2) is 0 Å². The van der Waals surface area contributed by atoms with Crippen molar-refractivity contribution in [1.82, 2.24) is 10.6 Å². The zero-order valence-corrected chi connectivity index (χ0v) is 18.9. The second-order valence-electron chi connectivity index (χ2n) is 8.67. The Labute approximate surface area is 194 Å². The molecule has 0 radical (unpaired) electrons. The molecular weight excluding hydrogens is 408 g/mol. The van der Waals surface area contributed by atoms with Gasteiger partial charge in [-0.2, -0.15) is 0 Å². The van der Waals surface area contributed by atoms with Crippen LogP contribution in [0.5, 0.6) is 5.75 Å². The molecule has 0 heterocycles. The molecule has 0 saturated carbocycles. The van der Waals surface area contributed by atoms with Gasteiger partial charge in [0.25, 0.3) is 0 Å². The van der Waals surface area contributed by atoms with Crippen LogP contribution in [0.15, 0.2) is 91.0 Å². The van der Waals surface area contributed by atoms with Gasteiger partial charge in [0.05, 0.1) is 13.2 Å². The van der Waals surface area contributed by atoms with Crippen molar-refractivity contribution in [3.63, 3.8) is 0 Å². The molecule has 1 aliphatic rings. The summed E-state index contributed by atoms with van der Waals surface area (Å²) in [4.78, 5) is 13.1. The first-order chi connectivity index (χ1) is 16.1. The van der Waals surface area contributed by atoms with Crippen LogP contribution < -0.4 is 15.4 Å². The van der Waals surface area contributed by atoms with E-state index in [-0.39, 0.29) is 24.0 Å². The average Bonchev–Trinajstić information content (AvgIpc) is 3.20. The largest absolute Gasteiger partial charge is 0.497 e. The highest BCUT2D eigenvalue weighted by atomic mass is 16.5. The number of rotatable bonds is 5. The Morgan fingerprint density at radius 1 is 0.939 bits per heavy atom. The summed E-state index contributed by atoms with van der Waals surface area (Å²) in [5.74, 6) is 0.916. The van der Waals surface area contributed by atoms with Gasteiger partial charge >= 0.3 is 6.03 Å². The second-order valence-corrected chi connectivity index (χ2v) is 8.67. The Morgan fingerprint density at radius 3 is 2.52 bits per heavy atom. The Kier molecular flexibility index (Phi) is 5.74. The lowest BCUT2D eigenvalue weighted by molar-refractivity contribution is 0.233. The summed E-state index contributed by atoms with van der Waals surface area (Å²) in [5, 5.41) is 8.77. The Morgan fingerprint density at radius 2 is 1.70 bits per heavy atom. The molecule has 1 aliphatic carbocycles. The van der Waals surface area contributed by atoms with E-state index in [9.17, 15) is 4.79 Å². The number of methoxy groups -OCH3 is 1. The van der Waals surface area contributed by atoms with Crippen molar-refractivity contribution in [2.24, 2.45) is 0 Å². The SMILES string of the molecule is COc1ccc2c(c1)[C@H](c1ccccc1)[C@@H](NC(=O)N[C@H](C)c1cccc3ccccc13)C2. The fourth-order valence-corrected chi connectivity index (χ4v) is 5.07. The van der Waals surface area contributed by atoms with Crippen LogP contribution in [0.25, 0.3) is 10.8 Å². The lowest BCUT2D eigenvalue weighted by Crippen LogP contribution is -2.45. The van der Waals surface area contributed by atoms with E-state index in [0.29, 0.717) is 0 Å². The maximum Gasteiger partial charge on any atom is 0.315 e. The second kappa shape index (κ2) is 8.99. The summed E-state index contributed by atoms with van der Waals surface area (Å²) in [6.07, 6.45) is 0.787. The van der Waals surface area contributed by atoms with Crippen molar-refractivity contribution in [3.05, 3.63) is 113 Å². The molecule has 0 fully saturated rings. The summed E-state index contributed by atoms with van der Waals surface area (Å²) in [5.41, 5.74) is 4.77. The maximum atomic E-state index is 13.1. The number of carbonyl (C=O) groups is 1. The molecule has 4 heteroatoms. The lowest BCUT2D eigenvalue weighted by Gasteiger charge is -2.24. The number of benzene rings is 4. The number of carbonyl (C=O) groups excluding carboxylic acids is 1. The van der Waals surface area contributed by atoms with Crippen LogP contribution in [-0.4, -0.2) is 19.2 Å². The highest BCUT2D eigenvalue weighted by molar-refractivity contribution is 5.86. The predicted molar refractivity (Wildman–Crippen MR) is 133 cm³/mol. The topological polar surface area (TPSA) is 50.4 Å². The van der Waals surface area contributed by atoms with Gasteiger partial charge < -0.3 is 15.4 Å². The number of fused-ring (bicyclic) bond motifs is 2. The number of amides is 2. The molecule has 0 bridgehead atoms. The van der Waals surface area contributed by atoms with Crippen LogP contribution in [-0.2, 0) is 6.42 Å². The number of ether oxygens (including phenoxy) is 1. The normalized spacial score (nSPS) is 17.9. The van der Waals surface area contributed by atoms with Gasteiger partial charge in [-0.1, -0.05) is 78.9 Å². The van der Waals surface area contributed by atoms with Crippen molar-refractivity contribution < 1.29 is 9.53 Å². The van der Waals surface area contributed by atoms with Gasteiger partial charge in [0.1, 0.15) is 5.75 Å². The molecule has 0 aliphatic heterocycles. The molecule has 0 aromatic heterocycles. The van der Waals surface area contributed by atoms with E-state index < -0.39 is 0 Å². The molecular formula is C29H28N2O2. The monoisotopic (exact) mass is 436 g/mol. The molecule has 4 nitrogen and oxygen atoms in total. The molecule has 2 N–H and O–H groups in total. The van der Waals surface area contributed by atoms with Gasteiger partial charge in [-0.05, 0) is 58.5 Å². The number of urea groups is 1. The van der Waals surface area contributed by atoms with Crippen LogP contribution >= 0.6 is 0 Å². The fourth-order valence-electron chi connectivity index (χ4n) is 5.07. The highest BCUT2D eigenvalue weighted by Crippen LogP contribution is 2.40. The summed E-state index contributed by atoms with van der Waals surface area (Å²) in [7, 11) is 1.69. The van der Waals surface area contributed by atoms with Crippen molar-refractivity contribution in [2.75, 3.05) is 7.11 Å². The van der Waals surface area contributed by atoms with E-state index in [2.05, 4.69) is 59.2 Å². The molecule has 166 valence electrons. The lowest BCUT2D eigenvalue weighted by atomic mass is 9.90. The van der Waals surface area contributed by atoms with E-state index in [4.69, 9.17) is 4.74 Å². The van der Waals surface area contributed by atoms with Crippen LogP contribution in [0.2, 0.25) is 0 Å². The van der Waals surface area contributed by atoms with Crippen LogP contribution in [0.3, 0.4) is 0 Å². The minimum Gasteiger partial charge on any atom is -0.497 e. The van der Waals surface area contributed by atoms with Crippen LogP contribution in [0.1, 0.15) is 41.1 Å². The third kappa shape index (κ3) is 4.17. The van der Waals surface area contributed by atoms with Gasteiger partial charge in [-0.25, -0.2) is 4.79 Å². The smallest absolute Gasteiger partial charge is 0.315 e. The van der Waals surface area contributed by atoms with Gasteiger partial charge in [-0.15, -0.1) is 0 Å². The van der Waals surface area contributed by atoms with E-state index in [1.165, 1.54) is 22.1 Å². The molecule has 0 unspecified atom stereocenters. The van der Waals surface area contributed by atoms with Crippen LogP contribution in [0.4, 0.5) is 4.79 Å². The summed E-state index contributed by atoms with van der Waals surface area (Å²) < 4.78 is 5.48. The summed E-state index contributed by atoms with van der Waals surface area (Å²) in [6, 6.07) is 30.8. The van der Waals surface area contributed by atoms with Crippen molar-refractivity contribution >= 4 is 16.8 Å². The molecule has 2 amide bonds. The molecule has 3 atom stereocenters. The molecule has 0 spiro atoms. The van der Waals surface area contributed by atoms with Gasteiger partial charge in [-0.3, -0.25) is 0 Å². The molecule has 4 aromatic rings. The molecule has 4 aromatic carbocycles. The van der Waals surface area contributed by atoms with E-state index in [1.54, 1.807) is 7.11 Å². The molecule has 0 saturated heterocycles. The Hall–Kier alpha value is -3.79. The molecule has 5 rings (SSSR count). The average molecular weight is 437 g/mol. The third-order valence-corrected chi connectivity index (χ3v) is 6.64. The van der Waals surface area contributed by atoms with Crippen molar-refractivity contribution in [2.45, 2.75) is 31.3 Å². The van der Waals surface area contributed by atoms with E-state index in [0.717, 1.165) is 23.1 Å². The number of nitrogens with one attached hydrogen (secondary N) is 2. The van der Waals surface area contributed by atoms with E-state index >= 15 is 0 Å². The minimum atomic E-state index is -0.152. The standard InChI is InChI=1S/C29H28N2O2/c1-19(24-14-8-12-20-9-6-7-13-25(20)24)30-29(32)31-27-17-22-15-16-23(33-2)18-26(22)28(27)21-10-4-3-5-11-21/h3-16,18-19,27-28H,17H2,1-2H3,(H2,30,31,32)/t19-,27+,28+/m1/s1. The third-order valence-electron chi connectivity index (χ3n) is 6.64. The first-order valence-corrected chi connectivity index (χ1v) is 11.4. The maximum absolute atomic E-state index is 13.1. The summed E-state index contributed by atoms with van der Waals surface area (Å²) >= 11 is 0. The molecule has 33 heavy (non-hydrogen) atoms. The van der Waals surface area contributed by atoms with Crippen molar-refractivity contribution in [1.29, 1.82) is 0 Å². The van der Waals surface area contributed by atoms with Crippen molar-refractivity contribution in [3.8, 4) is 5.75 Å². The Bertz CT molecular complexity index is 1280. The van der Waals surface area contributed by atoms with E-state index in [1.807, 2.05) is 49.4 Å². The highest BCUT2D eigenvalue weighted by Gasteiger charge is 2.35. The fraction of sp³-hybridized carbons (Fsp3) is 0.207.